The van der Waals surface area contributed by atoms with Crippen LogP contribution in [0.2, 0.25) is 0 Å². The predicted molar refractivity (Wildman–Crippen MR) is 64.4 cm³/mol. The van der Waals surface area contributed by atoms with Gasteiger partial charge in [0.05, 0.1) is 16.9 Å². The lowest BCUT2D eigenvalue weighted by Gasteiger charge is -2.07. The molecule has 0 aliphatic carbocycles. The fourth-order valence-electron chi connectivity index (χ4n) is 1.75. The number of carboxylic acid groups (broad SMARTS) is 1. The van der Waals surface area contributed by atoms with Crippen LogP contribution >= 0.6 is 0 Å². The number of hydrogen-bond donors (Lipinski definition) is 2. The number of benzene rings is 1. The molecule has 0 atom stereocenters. The first kappa shape index (κ1) is 11.2. The fourth-order valence-corrected chi connectivity index (χ4v) is 1.75. The Bertz CT molecular complexity index is 587. The van der Waals surface area contributed by atoms with Gasteiger partial charge in [-0.2, -0.15) is 5.10 Å². The molecule has 0 aliphatic rings. The van der Waals surface area contributed by atoms with Crippen molar-refractivity contribution in [3.05, 3.63) is 41.2 Å². The summed E-state index contributed by atoms with van der Waals surface area (Å²) in [5.41, 5.74) is 8.48. The number of rotatable bonds is 2. The molecule has 0 bridgehead atoms. The maximum absolute atomic E-state index is 11.0. The van der Waals surface area contributed by atoms with E-state index in [0.717, 1.165) is 11.4 Å². The van der Waals surface area contributed by atoms with Gasteiger partial charge in [-0.1, -0.05) is 0 Å². The fraction of sp³-hybridized carbons (Fsp3) is 0.167. The zero-order valence-corrected chi connectivity index (χ0v) is 9.64. The third-order valence-corrected chi connectivity index (χ3v) is 2.52. The van der Waals surface area contributed by atoms with Crippen LogP contribution in [0.25, 0.3) is 5.69 Å². The maximum atomic E-state index is 11.0. The second-order valence-corrected chi connectivity index (χ2v) is 3.92. The van der Waals surface area contributed by atoms with E-state index in [1.54, 1.807) is 16.8 Å². The molecule has 88 valence electrons. The van der Waals surface area contributed by atoms with E-state index >= 15 is 0 Å². The third kappa shape index (κ3) is 1.99. The monoisotopic (exact) mass is 231 g/mol. The van der Waals surface area contributed by atoms with Crippen molar-refractivity contribution < 1.29 is 9.90 Å². The van der Waals surface area contributed by atoms with Gasteiger partial charge in [0.15, 0.2) is 0 Å². The van der Waals surface area contributed by atoms with Gasteiger partial charge in [0.1, 0.15) is 0 Å². The molecule has 0 unspecified atom stereocenters. The van der Waals surface area contributed by atoms with Gasteiger partial charge in [-0.25, -0.2) is 9.48 Å². The molecule has 17 heavy (non-hydrogen) atoms. The minimum Gasteiger partial charge on any atom is -0.478 e. The van der Waals surface area contributed by atoms with Crippen molar-refractivity contribution in [1.29, 1.82) is 0 Å². The summed E-state index contributed by atoms with van der Waals surface area (Å²) in [5.74, 6) is -1.04. The molecular weight excluding hydrogens is 218 g/mol. The van der Waals surface area contributed by atoms with E-state index in [-0.39, 0.29) is 11.3 Å². The highest BCUT2D eigenvalue weighted by atomic mass is 16.4. The molecule has 3 N–H and O–H groups in total. The lowest BCUT2D eigenvalue weighted by molar-refractivity contribution is 0.0698. The minimum atomic E-state index is -1.04. The van der Waals surface area contributed by atoms with Crippen LogP contribution < -0.4 is 5.73 Å². The number of hydrogen-bond acceptors (Lipinski definition) is 3. The van der Waals surface area contributed by atoms with E-state index in [4.69, 9.17) is 10.8 Å². The molecule has 1 heterocycles. The lowest BCUT2D eigenvalue weighted by Crippen LogP contribution is -2.06. The number of anilines is 1. The van der Waals surface area contributed by atoms with Gasteiger partial charge in [-0.05, 0) is 38.1 Å². The van der Waals surface area contributed by atoms with Crippen molar-refractivity contribution in [2.24, 2.45) is 0 Å². The van der Waals surface area contributed by atoms with Crippen molar-refractivity contribution in [2.75, 3.05) is 5.73 Å². The summed E-state index contributed by atoms with van der Waals surface area (Å²) in [6, 6.07) is 6.78. The molecule has 0 amide bonds. The summed E-state index contributed by atoms with van der Waals surface area (Å²) in [7, 11) is 0. The van der Waals surface area contributed by atoms with E-state index in [1.165, 1.54) is 6.07 Å². The van der Waals surface area contributed by atoms with Crippen LogP contribution in [0.4, 0.5) is 5.69 Å². The van der Waals surface area contributed by atoms with Crippen LogP contribution in [-0.2, 0) is 0 Å². The Hall–Kier alpha value is -2.30. The van der Waals surface area contributed by atoms with Gasteiger partial charge in [0.2, 0.25) is 0 Å². The Balaban J connectivity index is 2.57. The van der Waals surface area contributed by atoms with Crippen LogP contribution in [0.5, 0.6) is 0 Å². The van der Waals surface area contributed by atoms with Crippen LogP contribution in [0.3, 0.4) is 0 Å². The SMILES string of the molecule is Cc1cc(C)n(-c2ccc(N)c(C(=O)O)c2)n1. The van der Waals surface area contributed by atoms with Crippen molar-refractivity contribution in [2.45, 2.75) is 13.8 Å². The minimum absolute atomic E-state index is 0.0926. The Morgan fingerprint density at radius 3 is 2.59 bits per heavy atom. The summed E-state index contributed by atoms with van der Waals surface area (Å²) in [4.78, 5) is 11.0. The van der Waals surface area contributed by atoms with Crippen LogP contribution in [0.15, 0.2) is 24.3 Å². The maximum Gasteiger partial charge on any atom is 0.337 e. The molecule has 0 saturated heterocycles. The average molecular weight is 231 g/mol. The molecule has 0 aliphatic heterocycles. The Morgan fingerprint density at radius 1 is 1.35 bits per heavy atom. The molecule has 0 fully saturated rings. The summed E-state index contributed by atoms with van der Waals surface area (Å²) >= 11 is 0. The van der Waals surface area contributed by atoms with E-state index in [2.05, 4.69) is 5.10 Å². The smallest absolute Gasteiger partial charge is 0.337 e. The lowest BCUT2D eigenvalue weighted by atomic mass is 10.1. The van der Waals surface area contributed by atoms with Crippen molar-refractivity contribution in [1.82, 2.24) is 9.78 Å². The molecule has 0 radical (unpaired) electrons. The average Bonchev–Trinajstić information content (AvgIpc) is 2.58. The summed E-state index contributed by atoms with van der Waals surface area (Å²) in [6.45, 7) is 3.80. The number of aryl methyl sites for hydroxylation is 2. The van der Waals surface area contributed by atoms with E-state index in [9.17, 15) is 4.79 Å². The van der Waals surface area contributed by atoms with Crippen molar-refractivity contribution in [3.63, 3.8) is 0 Å². The molecular formula is C12H13N3O2. The van der Waals surface area contributed by atoms with Crippen molar-refractivity contribution in [3.8, 4) is 5.69 Å². The number of aromatic carboxylic acids is 1. The second-order valence-electron chi connectivity index (χ2n) is 3.92. The zero-order valence-electron chi connectivity index (χ0n) is 9.64. The van der Waals surface area contributed by atoms with E-state index in [1.807, 2.05) is 19.9 Å². The normalized spacial score (nSPS) is 10.5. The van der Waals surface area contributed by atoms with Gasteiger partial charge in [0.25, 0.3) is 0 Å². The number of nitrogen functional groups attached to an aromatic ring is 1. The zero-order chi connectivity index (χ0) is 12.6. The van der Waals surface area contributed by atoms with E-state index in [0.29, 0.717) is 5.69 Å². The van der Waals surface area contributed by atoms with Crippen molar-refractivity contribution >= 4 is 11.7 Å². The summed E-state index contributed by atoms with van der Waals surface area (Å²) in [6.07, 6.45) is 0. The molecule has 0 saturated carbocycles. The highest BCUT2D eigenvalue weighted by molar-refractivity contribution is 5.94. The molecule has 5 nitrogen and oxygen atoms in total. The number of carboxylic acids is 1. The molecule has 1 aromatic carbocycles. The summed E-state index contributed by atoms with van der Waals surface area (Å²) < 4.78 is 1.70. The first-order valence-corrected chi connectivity index (χ1v) is 5.15. The van der Waals surface area contributed by atoms with E-state index < -0.39 is 5.97 Å². The number of nitrogens with zero attached hydrogens (tertiary/aromatic N) is 2. The molecule has 0 spiro atoms. The molecule has 5 heteroatoms. The number of carbonyl (C=O) groups is 1. The Labute approximate surface area is 98.5 Å². The predicted octanol–water partition coefficient (Wildman–Crippen LogP) is 1.77. The van der Waals surface area contributed by atoms with Gasteiger partial charge in [-0.15, -0.1) is 0 Å². The Morgan fingerprint density at radius 2 is 2.06 bits per heavy atom. The highest BCUT2D eigenvalue weighted by Gasteiger charge is 2.11. The standard InChI is InChI=1S/C12H13N3O2/c1-7-5-8(2)15(14-7)9-3-4-11(13)10(6-9)12(16)17/h3-6H,13H2,1-2H3,(H,16,17). The van der Waals surface area contributed by atoms with Crippen LogP contribution in [-0.4, -0.2) is 20.9 Å². The topological polar surface area (TPSA) is 81.1 Å². The third-order valence-electron chi connectivity index (χ3n) is 2.52. The first-order chi connectivity index (χ1) is 7.99. The quantitative estimate of drug-likeness (QED) is 0.772. The number of aromatic nitrogens is 2. The van der Waals surface area contributed by atoms with Gasteiger partial charge in [-0.3, -0.25) is 0 Å². The van der Waals surface area contributed by atoms with Gasteiger partial charge >= 0.3 is 5.97 Å². The van der Waals surface area contributed by atoms with Gasteiger partial charge in [0, 0.05) is 11.4 Å². The molecule has 2 aromatic rings. The Kier molecular flexibility index (Phi) is 2.59. The second kappa shape index (κ2) is 3.93. The van der Waals surface area contributed by atoms with Gasteiger partial charge < -0.3 is 10.8 Å². The van der Waals surface area contributed by atoms with Crippen LogP contribution in [0.1, 0.15) is 21.7 Å². The number of nitrogens with two attached hydrogens (primary N) is 1. The first-order valence-electron chi connectivity index (χ1n) is 5.15. The van der Waals surface area contributed by atoms with Crippen LogP contribution in [0, 0.1) is 13.8 Å². The molecule has 2 rings (SSSR count). The summed E-state index contributed by atoms with van der Waals surface area (Å²) in [5, 5.41) is 13.3. The molecule has 1 aromatic heterocycles. The largest absolute Gasteiger partial charge is 0.478 e. The highest BCUT2D eigenvalue weighted by Crippen LogP contribution is 2.18.